The summed E-state index contributed by atoms with van der Waals surface area (Å²) >= 11 is 0. The van der Waals surface area contributed by atoms with Crippen LogP contribution in [0, 0.1) is 0 Å². The summed E-state index contributed by atoms with van der Waals surface area (Å²) in [4.78, 5) is 0.376. The Bertz CT molecular complexity index is 881. The maximum Gasteiger partial charge on any atom is 0.243 e. The number of hydrogen-bond donors (Lipinski definition) is 0. The zero-order valence-electron chi connectivity index (χ0n) is 17.3. The second kappa shape index (κ2) is 8.26. The molecular formula is C23H31NO3S. The van der Waals surface area contributed by atoms with Crippen molar-refractivity contribution in [2.75, 3.05) is 13.7 Å². The molecule has 1 fully saturated rings. The van der Waals surface area contributed by atoms with Gasteiger partial charge in [-0.15, -0.1) is 0 Å². The van der Waals surface area contributed by atoms with E-state index in [0.717, 1.165) is 42.6 Å². The molecule has 28 heavy (non-hydrogen) atoms. The van der Waals surface area contributed by atoms with E-state index < -0.39 is 10.0 Å². The minimum absolute atomic E-state index is 0.00345. The van der Waals surface area contributed by atoms with Gasteiger partial charge in [-0.1, -0.05) is 57.9 Å². The van der Waals surface area contributed by atoms with Crippen LogP contribution in [0.25, 0.3) is 0 Å². The largest absolute Gasteiger partial charge is 0.497 e. The third-order valence-corrected chi connectivity index (χ3v) is 7.45. The van der Waals surface area contributed by atoms with Crippen molar-refractivity contribution in [3.63, 3.8) is 0 Å². The molecule has 1 atom stereocenters. The molecule has 0 aliphatic carbocycles. The highest BCUT2D eigenvalue weighted by Crippen LogP contribution is 2.35. The van der Waals surface area contributed by atoms with Gasteiger partial charge in [0.25, 0.3) is 0 Å². The van der Waals surface area contributed by atoms with E-state index in [-0.39, 0.29) is 11.5 Å². The van der Waals surface area contributed by atoms with Crippen molar-refractivity contribution in [2.24, 2.45) is 0 Å². The summed E-state index contributed by atoms with van der Waals surface area (Å²) in [5.41, 5.74) is 2.16. The Labute approximate surface area is 169 Å². The van der Waals surface area contributed by atoms with E-state index in [9.17, 15) is 8.42 Å². The Hall–Kier alpha value is -1.85. The highest BCUT2D eigenvalue weighted by Gasteiger charge is 2.33. The topological polar surface area (TPSA) is 46.6 Å². The molecule has 0 saturated carbocycles. The molecule has 4 nitrogen and oxygen atoms in total. The van der Waals surface area contributed by atoms with Crippen LogP contribution in [0.3, 0.4) is 0 Å². The third kappa shape index (κ3) is 4.41. The predicted molar refractivity (Wildman–Crippen MR) is 113 cm³/mol. The molecule has 1 aliphatic rings. The van der Waals surface area contributed by atoms with Crippen molar-refractivity contribution >= 4 is 10.0 Å². The molecule has 5 heteroatoms. The summed E-state index contributed by atoms with van der Waals surface area (Å²) in [5.74, 6) is 0.782. The Morgan fingerprint density at radius 2 is 1.57 bits per heavy atom. The second-order valence-electron chi connectivity index (χ2n) is 8.53. The van der Waals surface area contributed by atoms with Crippen molar-refractivity contribution in [2.45, 2.75) is 62.8 Å². The van der Waals surface area contributed by atoms with E-state index in [1.807, 2.05) is 36.4 Å². The predicted octanol–water partition coefficient (Wildman–Crippen LogP) is 5.30. The number of hydrogen-bond acceptors (Lipinski definition) is 3. The average Bonchev–Trinajstić information content (AvgIpc) is 2.94. The molecule has 3 rings (SSSR count). The molecule has 1 heterocycles. The third-order valence-electron chi connectivity index (χ3n) is 5.53. The number of sulfonamides is 1. The van der Waals surface area contributed by atoms with Crippen LogP contribution in [-0.2, 0) is 15.4 Å². The van der Waals surface area contributed by atoms with Gasteiger partial charge in [-0.25, -0.2) is 8.42 Å². The number of ether oxygens (including phenoxy) is 1. The molecule has 0 amide bonds. The monoisotopic (exact) mass is 401 g/mol. The highest BCUT2D eigenvalue weighted by atomic mass is 32.2. The van der Waals surface area contributed by atoms with Crippen LogP contribution in [0.2, 0.25) is 0 Å². The van der Waals surface area contributed by atoms with Gasteiger partial charge < -0.3 is 4.74 Å². The maximum atomic E-state index is 13.5. The normalized spacial score (nSPS) is 19.2. The minimum Gasteiger partial charge on any atom is -0.497 e. The summed E-state index contributed by atoms with van der Waals surface area (Å²) in [7, 11) is -1.92. The van der Waals surface area contributed by atoms with E-state index in [1.54, 1.807) is 23.5 Å². The average molecular weight is 402 g/mol. The molecule has 2 aromatic rings. The Balaban J connectivity index is 1.96. The Morgan fingerprint density at radius 3 is 2.14 bits per heavy atom. The first-order valence-electron chi connectivity index (χ1n) is 10.00. The first kappa shape index (κ1) is 20.9. The summed E-state index contributed by atoms with van der Waals surface area (Å²) < 4.78 is 34.0. The van der Waals surface area contributed by atoms with Crippen LogP contribution < -0.4 is 4.74 Å². The van der Waals surface area contributed by atoms with E-state index in [0.29, 0.717) is 11.4 Å². The van der Waals surface area contributed by atoms with E-state index in [4.69, 9.17) is 4.74 Å². The lowest BCUT2D eigenvalue weighted by Gasteiger charge is -2.30. The summed E-state index contributed by atoms with van der Waals surface area (Å²) in [6.45, 7) is 6.95. The molecule has 0 bridgehead atoms. The van der Waals surface area contributed by atoms with E-state index in [1.165, 1.54) is 0 Å². The lowest BCUT2D eigenvalue weighted by atomic mass is 9.87. The fourth-order valence-electron chi connectivity index (χ4n) is 3.79. The van der Waals surface area contributed by atoms with Crippen LogP contribution in [0.5, 0.6) is 5.75 Å². The minimum atomic E-state index is -3.56. The van der Waals surface area contributed by atoms with Crippen LogP contribution in [-0.4, -0.2) is 26.4 Å². The lowest BCUT2D eigenvalue weighted by molar-refractivity contribution is 0.328. The zero-order chi connectivity index (χ0) is 20.4. The van der Waals surface area contributed by atoms with Crippen LogP contribution >= 0.6 is 0 Å². The maximum absolute atomic E-state index is 13.5. The van der Waals surface area contributed by atoms with Crippen LogP contribution in [0.1, 0.15) is 63.6 Å². The molecule has 1 unspecified atom stereocenters. The smallest absolute Gasteiger partial charge is 0.243 e. The summed E-state index contributed by atoms with van der Waals surface area (Å²) in [6.07, 6.45) is 3.82. The first-order valence-corrected chi connectivity index (χ1v) is 11.4. The van der Waals surface area contributed by atoms with Gasteiger partial charge in [0.2, 0.25) is 10.0 Å². The molecule has 0 radical (unpaired) electrons. The zero-order valence-corrected chi connectivity index (χ0v) is 18.1. The standard InChI is InChI=1S/C23H31NO3S/c1-23(2,3)19-11-15-21(16-12-19)28(25,26)24-17-7-5-6-8-22(24)18-9-13-20(27-4)14-10-18/h9-16,22H,5-8,17H2,1-4H3. The molecule has 0 spiro atoms. The quantitative estimate of drug-likeness (QED) is 0.698. The lowest BCUT2D eigenvalue weighted by Crippen LogP contribution is -2.34. The Kier molecular flexibility index (Phi) is 6.15. The van der Waals surface area contributed by atoms with Gasteiger partial charge in [0.1, 0.15) is 5.75 Å². The van der Waals surface area contributed by atoms with Gasteiger partial charge in [0.05, 0.1) is 18.0 Å². The summed E-state index contributed by atoms with van der Waals surface area (Å²) in [6, 6.07) is 15.0. The number of benzene rings is 2. The molecule has 2 aromatic carbocycles. The molecular weight excluding hydrogens is 370 g/mol. The Morgan fingerprint density at radius 1 is 0.929 bits per heavy atom. The molecule has 1 aliphatic heterocycles. The van der Waals surface area contributed by atoms with Gasteiger partial charge >= 0.3 is 0 Å². The van der Waals surface area contributed by atoms with Crippen molar-refractivity contribution in [1.29, 1.82) is 0 Å². The van der Waals surface area contributed by atoms with Crippen molar-refractivity contribution in [3.8, 4) is 5.75 Å². The van der Waals surface area contributed by atoms with E-state index >= 15 is 0 Å². The fourth-order valence-corrected chi connectivity index (χ4v) is 5.47. The molecule has 152 valence electrons. The fraction of sp³-hybridized carbons (Fsp3) is 0.478. The number of rotatable bonds is 4. The van der Waals surface area contributed by atoms with Gasteiger partial charge in [-0.2, -0.15) is 4.31 Å². The van der Waals surface area contributed by atoms with Gasteiger partial charge in [0.15, 0.2) is 0 Å². The summed E-state index contributed by atoms with van der Waals surface area (Å²) in [5, 5.41) is 0. The van der Waals surface area contributed by atoms with Crippen molar-refractivity contribution in [1.82, 2.24) is 4.31 Å². The van der Waals surface area contributed by atoms with Gasteiger partial charge in [0, 0.05) is 6.54 Å². The number of methoxy groups -OCH3 is 1. The SMILES string of the molecule is COc1ccc(C2CCCCCN2S(=O)(=O)c2ccc(C(C)(C)C)cc2)cc1. The van der Waals surface area contributed by atoms with Gasteiger partial charge in [-0.3, -0.25) is 0 Å². The highest BCUT2D eigenvalue weighted by molar-refractivity contribution is 7.89. The van der Waals surface area contributed by atoms with Crippen LogP contribution in [0.4, 0.5) is 0 Å². The van der Waals surface area contributed by atoms with Gasteiger partial charge in [-0.05, 0) is 53.6 Å². The van der Waals surface area contributed by atoms with Crippen molar-refractivity contribution in [3.05, 3.63) is 59.7 Å². The van der Waals surface area contributed by atoms with E-state index in [2.05, 4.69) is 20.8 Å². The van der Waals surface area contributed by atoms with Crippen molar-refractivity contribution < 1.29 is 13.2 Å². The first-order chi connectivity index (χ1) is 13.2. The molecule has 1 saturated heterocycles. The number of nitrogens with zero attached hydrogens (tertiary/aromatic N) is 1. The molecule has 0 N–H and O–H groups in total. The second-order valence-corrected chi connectivity index (χ2v) is 10.4. The van der Waals surface area contributed by atoms with Crippen LogP contribution in [0.15, 0.2) is 53.4 Å². The molecule has 0 aromatic heterocycles.